The molecule has 0 fully saturated rings. The summed E-state index contributed by atoms with van der Waals surface area (Å²) in [4.78, 5) is 0. The fraction of sp³-hybridized carbons (Fsp3) is 0. The molecule has 5 aromatic carbocycles. The van der Waals surface area contributed by atoms with Crippen LogP contribution < -0.4 is 94.3 Å². The van der Waals surface area contributed by atoms with E-state index in [4.69, 9.17) is 19.8 Å². The Morgan fingerprint density at radius 3 is 0.773 bits per heavy atom. The van der Waals surface area contributed by atoms with Crippen molar-refractivity contribution in [1.29, 1.82) is 0 Å². The molecule has 7 nitrogen and oxygen atoms in total. The van der Waals surface area contributed by atoms with Gasteiger partial charge in [0.25, 0.3) is 0 Å². The molecular weight excluding hydrogens is 557 g/mol. The molecule has 0 aliphatic rings. The maximum absolute atomic E-state index is 14.7. The standard InChI is InChI=1S/C30H25N6OP2.5Li/c37-39(34-29-22-12-4-13-23-29,35-30-24-14-5-15-25-30)36-38(31-26-16-6-1-7-17-26,32-27-18-8-2-9-19-27)33-28-20-10-3-11-21-28;;;;;/h1-25H;;;;;/q-5;5*+1. The van der Waals surface area contributed by atoms with E-state index >= 15 is 0 Å². The van der Waals surface area contributed by atoms with Crippen LogP contribution in [0, 0.1) is 0 Å². The molecule has 0 atom stereocenters. The van der Waals surface area contributed by atoms with Gasteiger partial charge in [0.1, 0.15) is 0 Å². The number of rotatable bonds is 11. The van der Waals surface area contributed by atoms with E-state index in [9.17, 15) is 4.57 Å². The van der Waals surface area contributed by atoms with Gasteiger partial charge < -0.3 is 34.5 Å². The Bertz CT molecular complexity index is 1420. The van der Waals surface area contributed by atoms with Gasteiger partial charge in [0.2, 0.25) is 0 Å². The van der Waals surface area contributed by atoms with E-state index in [1.807, 2.05) is 127 Å². The molecule has 0 aromatic heterocycles. The van der Waals surface area contributed by atoms with Gasteiger partial charge in [-0.1, -0.05) is 152 Å². The summed E-state index contributed by atoms with van der Waals surface area (Å²) >= 11 is 0. The molecule has 0 saturated heterocycles. The van der Waals surface area contributed by atoms with Gasteiger partial charge in [-0.15, -0.1) is 28.4 Å². The Kier molecular flexibility index (Phi) is 20.7. The summed E-state index contributed by atoms with van der Waals surface area (Å²) in [6.45, 7) is 0. The molecule has 0 aliphatic carbocycles. The van der Waals surface area contributed by atoms with Crippen LogP contribution in [0.4, 0.5) is 28.4 Å². The Balaban J connectivity index is 0.00000370. The fourth-order valence-corrected chi connectivity index (χ4v) is 8.01. The minimum Gasteiger partial charge on any atom is -0.672 e. The van der Waals surface area contributed by atoms with E-state index < -0.39 is 15.1 Å². The average molecular weight is 582 g/mol. The Morgan fingerprint density at radius 1 is 0.341 bits per heavy atom. The predicted molar refractivity (Wildman–Crippen MR) is 164 cm³/mol. The normalized spacial score (nSPS) is 9.91. The van der Waals surface area contributed by atoms with Crippen LogP contribution in [0.2, 0.25) is 0 Å². The SMILES string of the molecule is O=P(N=P([N-]c1ccccc1)([N-]c1ccccc1)[N-]c1ccccc1)([N-]c1ccccc1)[N-]c1ccccc1.[Li+].[Li+].[Li+].[Li+].[Li+]. The van der Waals surface area contributed by atoms with Crippen LogP contribution in [-0.2, 0) is 4.57 Å². The van der Waals surface area contributed by atoms with Gasteiger partial charge in [-0.25, -0.2) is 0 Å². The second kappa shape index (κ2) is 21.4. The molecule has 0 saturated carbocycles. The van der Waals surface area contributed by atoms with Crippen molar-refractivity contribution >= 4 is 43.5 Å². The summed E-state index contributed by atoms with van der Waals surface area (Å²) in [5.74, 6) is 0. The Hall–Kier alpha value is -1.45. The molecule has 5 rings (SSSR count). The van der Waals surface area contributed by atoms with Crippen molar-refractivity contribution in [3.8, 4) is 0 Å². The third-order valence-electron chi connectivity index (χ3n) is 5.26. The summed E-state index contributed by atoms with van der Waals surface area (Å²) < 4.78 is 19.5. The van der Waals surface area contributed by atoms with Crippen LogP contribution in [0.1, 0.15) is 0 Å². The molecule has 0 unspecified atom stereocenters. The molecule has 0 aliphatic heterocycles. The fourth-order valence-electron chi connectivity index (χ4n) is 3.58. The average Bonchev–Trinajstić information content (AvgIpc) is 2.95. The number of benzene rings is 5. The first-order chi connectivity index (χ1) is 19.1. The summed E-state index contributed by atoms with van der Waals surface area (Å²) in [6, 6.07) is 46.1. The molecule has 0 spiro atoms. The molecule has 0 N–H and O–H groups in total. The van der Waals surface area contributed by atoms with Crippen LogP contribution in [-0.4, -0.2) is 0 Å². The van der Waals surface area contributed by atoms with Crippen molar-refractivity contribution in [2.75, 3.05) is 0 Å². The van der Waals surface area contributed by atoms with Gasteiger partial charge >= 0.3 is 94.3 Å². The van der Waals surface area contributed by atoms with Crippen LogP contribution in [0.15, 0.2) is 156 Å². The van der Waals surface area contributed by atoms with Crippen molar-refractivity contribution < 1.29 is 98.9 Å². The summed E-state index contributed by atoms with van der Waals surface area (Å²) in [6.07, 6.45) is 0. The second-order valence-corrected chi connectivity index (χ2v) is 12.1. The van der Waals surface area contributed by atoms with Crippen molar-refractivity contribution in [2.24, 2.45) is 4.52 Å². The second-order valence-electron chi connectivity index (χ2n) is 8.32. The monoisotopic (exact) mass is 582 g/mol. The molecule has 0 radical (unpaired) electrons. The van der Waals surface area contributed by atoms with Crippen LogP contribution in [0.5, 0.6) is 0 Å². The molecule has 0 bridgehead atoms. The van der Waals surface area contributed by atoms with Crippen LogP contribution in [0.3, 0.4) is 0 Å². The maximum Gasteiger partial charge on any atom is 1.00 e. The summed E-state index contributed by atoms with van der Waals surface area (Å²) in [5, 5.41) is 24.0. The first-order valence-corrected chi connectivity index (χ1v) is 15.4. The maximum atomic E-state index is 14.7. The van der Waals surface area contributed by atoms with Gasteiger partial charge in [0, 0.05) is 7.59 Å². The van der Waals surface area contributed by atoms with Gasteiger partial charge in [0.15, 0.2) is 0 Å². The minimum atomic E-state index is -4.05. The van der Waals surface area contributed by atoms with Gasteiger partial charge in [-0.3, -0.25) is 7.51 Å². The van der Waals surface area contributed by atoms with E-state index in [2.05, 4.69) is 10.2 Å². The van der Waals surface area contributed by atoms with Gasteiger partial charge in [0.05, 0.1) is 0 Å². The van der Waals surface area contributed by atoms with Crippen molar-refractivity contribution in [3.63, 3.8) is 0 Å². The molecule has 5 aromatic rings. The Morgan fingerprint density at radius 2 is 0.545 bits per heavy atom. The van der Waals surface area contributed by atoms with Crippen molar-refractivity contribution in [3.05, 3.63) is 177 Å². The number of hydrogen-bond donors (Lipinski definition) is 0. The van der Waals surface area contributed by atoms with Crippen molar-refractivity contribution in [2.45, 2.75) is 0 Å². The molecule has 196 valence electrons. The largest absolute Gasteiger partial charge is 1.00 e. The third kappa shape index (κ3) is 13.1. The Labute approximate surface area is 321 Å². The molecule has 44 heavy (non-hydrogen) atoms. The van der Waals surface area contributed by atoms with Gasteiger partial charge in [-0.05, 0) is 0 Å². The van der Waals surface area contributed by atoms with Crippen LogP contribution >= 0.6 is 15.1 Å². The summed E-state index contributed by atoms with van der Waals surface area (Å²) in [5.41, 5.74) is 2.81. The zero-order chi connectivity index (χ0) is 26.8. The van der Waals surface area contributed by atoms with Crippen molar-refractivity contribution in [1.82, 2.24) is 0 Å². The first-order valence-electron chi connectivity index (χ1n) is 12.3. The third-order valence-corrected chi connectivity index (χ3v) is 9.63. The predicted octanol–water partition coefficient (Wildman–Crippen LogP) is -2.41. The smallest absolute Gasteiger partial charge is 0.672 e. The minimum absolute atomic E-state index is 0. The van der Waals surface area contributed by atoms with E-state index in [0.29, 0.717) is 28.4 Å². The number of nitrogens with zero attached hydrogens (tertiary/aromatic N) is 6. The quantitative estimate of drug-likeness (QED) is 0.126. The topological polar surface area (TPSA) is 99.9 Å². The summed E-state index contributed by atoms with van der Waals surface area (Å²) in [7, 11) is -7.56. The van der Waals surface area contributed by atoms with E-state index in [-0.39, 0.29) is 94.3 Å². The molecule has 0 amide bonds. The van der Waals surface area contributed by atoms with E-state index in [1.54, 1.807) is 24.3 Å². The first kappa shape index (κ1) is 42.5. The van der Waals surface area contributed by atoms with E-state index in [0.717, 1.165) is 0 Å². The van der Waals surface area contributed by atoms with E-state index in [1.165, 1.54) is 0 Å². The molecular formula is C30H25Li5N6OP2. The zero-order valence-electron chi connectivity index (χ0n) is 25.9. The number of hydrogen-bond acceptors (Lipinski definition) is 1. The zero-order valence-corrected chi connectivity index (χ0v) is 27.7. The van der Waals surface area contributed by atoms with Crippen LogP contribution in [0.25, 0.3) is 25.4 Å². The molecule has 14 heteroatoms. The molecule has 0 heterocycles. The van der Waals surface area contributed by atoms with Gasteiger partial charge in [-0.2, -0.15) is 0 Å².